The second kappa shape index (κ2) is 8.30. The van der Waals surface area contributed by atoms with E-state index in [0.717, 1.165) is 22.3 Å². The van der Waals surface area contributed by atoms with Crippen LogP contribution in [0, 0.1) is 5.41 Å². The van der Waals surface area contributed by atoms with Gasteiger partial charge in [0.15, 0.2) is 0 Å². The molecule has 0 spiro atoms. The first-order valence-corrected chi connectivity index (χ1v) is 10.8. The van der Waals surface area contributed by atoms with E-state index < -0.39 is 35.5 Å². The van der Waals surface area contributed by atoms with Gasteiger partial charge in [0.25, 0.3) is 0 Å². The van der Waals surface area contributed by atoms with E-state index >= 15 is 0 Å². The molecule has 7 nitrogen and oxygen atoms in total. The number of fused-ring (bicyclic) bond motifs is 3. The van der Waals surface area contributed by atoms with Crippen molar-refractivity contribution >= 4 is 18.0 Å². The minimum atomic E-state index is -1.03. The van der Waals surface area contributed by atoms with Gasteiger partial charge in [-0.25, -0.2) is 9.59 Å². The number of alkyl carbamates (subject to hydrolysis) is 1. The summed E-state index contributed by atoms with van der Waals surface area (Å²) in [6.45, 7) is 6.00. The molecule has 7 heteroatoms. The number of rotatable bonds is 5. The van der Waals surface area contributed by atoms with Crippen LogP contribution >= 0.6 is 0 Å². The highest BCUT2D eigenvalue weighted by Crippen LogP contribution is 2.44. The highest BCUT2D eigenvalue weighted by atomic mass is 16.5. The maximum Gasteiger partial charge on any atom is 0.407 e. The van der Waals surface area contributed by atoms with E-state index in [9.17, 15) is 19.5 Å². The smallest absolute Gasteiger partial charge is 0.407 e. The molecule has 0 aromatic heterocycles. The van der Waals surface area contributed by atoms with E-state index in [2.05, 4.69) is 17.4 Å². The van der Waals surface area contributed by atoms with E-state index in [1.807, 2.05) is 57.2 Å². The third-order valence-electron chi connectivity index (χ3n) is 6.31. The quantitative estimate of drug-likeness (QED) is 0.746. The third-order valence-corrected chi connectivity index (χ3v) is 6.31. The number of hydrogen-bond acceptors (Lipinski definition) is 4. The number of aliphatic carboxylic acids is 1. The van der Waals surface area contributed by atoms with E-state index in [4.69, 9.17) is 4.74 Å². The predicted octanol–water partition coefficient (Wildman–Crippen LogP) is 3.63. The molecule has 1 aliphatic heterocycles. The molecular formula is C25H28N2O5. The number of carbonyl (C=O) groups excluding carboxylic acids is 2. The van der Waals surface area contributed by atoms with Crippen LogP contribution in [0.4, 0.5) is 4.79 Å². The summed E-state index contributed by atoms with van der Waals surface area (Å²) in [6.07, 6.45) is -0.268. The van der Waals surface area contributed by atoms with Gasteiger partial charge >= 0.3 is 12.1 Å². The third kappa shape index (κ3) is 3.95. The monoisotopic (exact) mass is 436 g/mol. The molecule has 2 aromatic carbocycles. The fourth-order valence-electron chi connectivity index (χ4n) is 4.48. The van der Waals surface area contributed by atoms with E-state index in [0.29, 0.717) is 13.0 Å². The van der Waals surface area contributed by atoms with Crippen molar-refractivity contribution < 1.29 is 24.2 Å². The summed E-state index contributed by atoms with van der Waals surface area (Å²) in [5.74, 6) is -1.51. The second-order valence-corrected chi connectivity index (χ2v) is 9.44. The van der Waals surface area contributed by atoms with Gasteiger partial charge in [-0.15, -0.1) is 0 Å². The molecule has 2 atom stereocenters. The molecule has 2 aliphatic rings. The lowest BCUT2D eigenvalue weighted by molar-refractivity contribution is -0.159. The number of carbonyl (C=O) groups is 3. The highest BCUT2D eigenvalue weighted by Gasteiger charge is 2.44. The van der Waals surface area contributed by atoms with Gasteiger partial charge in [0, 0.05) is 12.5 Å². The molecule has 1 heterocycles. The lowest BCUT2D eigenvalue weighted by Crippen LogP contribution is -2.63. The average Bonchev–Trinajstić information content (AvgIpc) is 3.02. The zero-order valence-electron chi connectivity index (χ0n) is 18.5. The standard InChI is InChI=1S/C25H28N2O5/c1-25(2,3)21(22(28)27-13-12-20(27)23(29)30)26-24(31)32-14-19-17-10-6-4-8-15(17)16-9-5-7-11-18(16)19/h4-11,19-21H,12-14H2,1-3H3,(H,26,31)(H,29,30)/t20?,21-/m1/s1. The summed E-state index contributed by atoms with van der Waals surface area (Å²) in [4.78, 5) is 38.4. The lowest BCUT2D eigenvalue weighted by atomic mass is 9.84. The first-order chi connectivity index (χ1) is 15.2. The van der Waals surface area contributed by atoms with Crippen molar-refractivity contribution in [3.05, 3.63) is 59.7 Å². The fraction of sp³-hybridized carbons (Fsp3) is 0.400. The molecule has 1 aliphatic carbocycles. The van der Waals surface area contributed by atoms with Crippen LogP contribution in [-0.2, 0) is 14.3 Å². The maximum absolute atomic E-state index is 13.0. The molecule has 1 saturated heterocycles. The first kappa shape index (κ1) is 21.9. The normalized spacial score (nSPS) is 18.2. The Labute approximate surface area is 187 Å². The Morgan fingerprint density at radius 2 is 1.62 bits per heavy atom. The molecule has 1 fully saturated rings. The zero-order valence-corrected chi connectivity index (χ0v) is 18.5. The number of carboxylic acids is 1. The number of likely N-dealkylation sites (tertiary alicyclic amines) is 1. The average molecular weight is 437 g/mol. The minimum Gasteiger partial charge on any atom is -0.480 e. The van der Waals surface area contributed by atoms with Gasteiger partial charge in [0.05, 0.1) is 0 Å². The Morgan fingerprint density at radius 1 is 1.06 bits per heavy atom. The number of ether oxygens (including phenoxy) is 1. The lowest BCUT2D eigenvalue weighted by Gasteiger charge is -2.42. The Balaban J connectivity index is 1.46. The Morgan fingerprint density at radius 3 is 2.09 bits per heavy atom. The van der Waals surface area contributed by atoms with Crippen LogP contribution in [-0.4, -0.2) is 53.2 Å². The van der Waals surface area contributed by atoms with Crippen molar-refractivity contribution in [2.75, 3.05) is 13.2 Å². The topological polar surface area (TPSA) is 95.9 Å². The number of nitrogens with one attached hydrogen (secondary N) is 1. The molecule has 2 aromatic rings. The SMILES string of the molecule is CC(C)(C)[C@H](NC(=O)OCC1c2ccccc2-c2ccccc21)C(=O)N1CCC1C(=O)O. The Hall–Kier alpha value is -3.35. The molecule has 168 valence electrons. The molecule has 0 radical (unpaired) electrons. The summed E-state index contributed by atoms with van der Waals surface area (Å²) in [7, 11) is 0. The summed E-state index contributed by atoms with van der Waals surface area (Å²) < 4.78 is 5.58. The summed E-state index contributed by atoms with van der Waals surface area (Å²) in [5.41, 5.74) is 3.88. The first-order valence-electron chi connectivity index (χ1n) is 10.8. The number of benzene rings is 2. The number of amides is 2. The molecule has 2 N–H and O–H groups in total. The van der Waals surface area contributed by atoms with Crippen LogP contribution in [0.2, 0.25) is 0 Å². The van der Waals surface area contributed by atoms with Crippen molar-refractivity contribution in [3.8, 4) is 11.1 Å². The van der Waals surface area contributed by atoms with Crippen LogP contribution in [0.5, 0.6) is 0 Å². The van der Waals surface area contributed by atoms with Gasteiger partial charge in [-0.1, -0.05) is 69.3 Å². The van der Waals surface area contributed by atoms with Gasteiger partial charge in [-0.2, -0.15) is 0 Å². The predicted molar refractivity (Wildman–Crippen MR) is 119 cm³/mol. The van der Waals surface area contributed by atoms with Crippen molar-refractivity contribution in [3.63, 3.8) is 0 Å². The van der Waals surface area contributed by atoms with Crippen molar-refractivity contribution in [2.45, 2.75) is 45.2 Å². The summed E-state index contributed by atoms with van der Waals surface area (Å²) >= 11 is 0. The van der Waals surface area contributed by atoms with Crippen LogP contribution in [0.25, 0.3) is 11.1 Å². The van der Waals surface area contributed by atoms with E-state index in [-0.39, 0.29) is 12.5 Å². The van der Waals surface area contributed by atoms with Crippen LogP contribution in [0.15, 0.2) is 48.5 Å². The number of hydrogen-bond donors (Lipinski definition) is 2. The van der Waals surface area contributed by atoms with Crippen molar-refractivity contribution in [1.29, 1.82) is 0 Å². The van der Waals surface area contributed by atoms with Gasteiger partial charge in [-0.3, -0.25) is 4.79 Å². The van der Waals surface area contributed by atoms with Gasteiger partial charge < -0.3 is 20.1 Å². The van der Waals surface area contributed by atoms with Gasteiger partial charge in [0.2, 0.25) is 5.91 Å². The number of nitrogens with zero attached hydrogens (tertiary/aromatic N) is 1. The minimum absolute atomic E-state index is 0.0799. The molecule has 0 bridgehead atoms. The number of carboxylic acid groups (broad SMARTS) is 1. The maximum atomic E-state index is 13.0. The summed E-state index contributed by atoms with van der Waals surface area (Å²) in [5, 5.41) is 12.0. The fourth-order valence-corrected chi connectivity index (χ4v) is 4.48. The van der Waals surface area contributed by atoms with E-state index in [1.54, 1.807) is 0 Å². The highest BCUT2D eigenvalue weighted by molar-refractivity contribution is 5.91. The molecule has 2 amide bonds. The largest absolute Gasteiger partial charge is 0.480 e. The van der Waals surface area contributed by atoms with Gasteiger partial charge in [0.1, 0.15) is 18.7 Å². The van der Waals surface area contributed by atoms with Crippen molar-refractivity contribution in [2.24, 2.45) is 5.41 Å². The molecule has 0 saturated carbocycles. The molecule has 32 heavy (non-hydrogen) atoms. The molecule has 1 unspecified atom stereocenters. The Kier molecular flexibility index (Phi) is 5.67. The van der Waals surface area contributed by atoms with Crippen molar-refractivity contribution in [1.82, 2.24) is 10.2 Å². The van der Waals surface area contributed by atoms with Crippen LogP contribution < -0.4 is 5.32 Å². The summed E-state index contributed by atoms with van der Waals surface area (Å²) in [6, 6.07) is 14.4. The van der Waals surface area contributed by atoms with E-state index in [1.165, 1.54) is 4.90 Å². The molecular weight excluding hydrogens is 408 g/mol. The zero-order chi connectivity index (χ0) is 23.0. The Bertz CT molecular complexity index is 1010. The van der Waals surface area contributed by atoms with Gasteiger partial charge in [-0.05, 0) is 34.1 Å². The van der Waals surface area contributed by atoms with Crippen LogP contribution in [0.1, 0.15) is 44.2 Å². The molecule has 4 rings (SSSR count). The second-order valence-electron chi connectivity index (χ2n) is 9.44. The van der Waals surface area contributed by atoms with Crippen LogP contribution in [0.3, 0.4) is 0 Å².